The summed E-state index contributed by atoms with van der Waals surface area (Å²) in [6.45, 7) is 9.96. The predicted molar refractivity (Wildman–Crippen MR) is 118 cm³/mol. The van der Waals surface area contributed by atoms with Crippen LogP contribution in [0.4, 0.5) is 0 Å². The van der Waals surface area contributed by atoms with E-state index in [0.29, 0.717) is 38.8 Å². The highest BCUT2D eigenvalue weighted by Crippen LogP contribution is 2.12. The molecule has 0 amide bonds. The van der Waals surface area contributed by atoms with Crippen LogP contribution < -0.4 is 0 Å². The molecule has 0 bridgehead atoms. The van der Waals surface area contributed by atoms with Gasteiger partial charge in [0.1, 0.15) is 0 Å². The monoisotopic (exact) mass is 400 g/mol. The van der Waals surface area contributed by atoms with Gasteiger partial charge in [0.05, 0.1) is 19.8 Å². The highest BCUT2D eigenvalue weighted by molar-refractivity contribution is 5.69. The van der Waals surface area contributed by atoms with Crippen LogP contribution in [0.3, 0.4) is 0 Å². The van der Waals surface area contributed by atoms with Crippen LogP contribution in [0.15, 0.2) is 0 Å². The number of unbranched alkanes of at least 4 members (excludes halogenated alkanes) is 8. The summed E-state index contributed by atoms with van der Waals surface area (Å²) in [5.74, 6) is 0.584. The lowest BCUT2D eigenvalue weighted by Crippen LogP contribution is -2.13. The van der Waals surface area contributed by atoms with Crippen molar-refractivity contribution in [3.8, 4) is 0 Å². The topological polar surface area (TPSA) is 44.8 Å². The van der Waals surface area contributed by atoms with E-state index in [2.05, 4.69) is 20.8 Å². The van der Waals surface area contributed by atoms with E-state index in [-0.39, 0.29) is 5.97 Å². The van der Waals surface area contributed by atoms with Crippen molar-refractivity contribution in [2.75, 3.05) is 33.0 Å². The Morgan fingerprint density at radius 3 is 2.00 bits per heavy atom. The molecule has 0 spiro atoms. The number of ether oxygens (including phenoxy) is 3. The Hall–Kier alpha value is -0.610. The van der Waals surface area contributed by atoms with Gasteiger partial charge >= 0.3 is 5.97 Å². The van der Waals surface area contributed by atoms with Crippen LogP contribution in [0, 0.1) is 5.92 Å². The third kappa shape index (κ3) is 20.1. The maximum absolute atomic E-state index is 11.7. The molecule has 168 valence electrons. The molecule has 0 aromatic carbocycles. The number of esters is 1. The third-order valence-electron chi connectivity index (χ3n) is 5.20. The highest BCUT2D eigenvalue weighted by Gasteiger charge is 2.06. The van der Waals surface area contributed by atoms with Gasteiger partial charge in [-0.2, -0.15) is 0 Å². The van der Waals surface area contributed by atoms with Crippen LogP contribution >= 0.6 is 0 Å². The second-order valence-corrected chi connectivity index (χ2v) is 7.90. The Kier molecular flexibility index (Phi) is 22.2. The first-order chi connectivity index (χ1) is 13.7. The SMILES string of the molecule is CCCCCCCCCCOC(=O)CCCOCCOCC(CC)CCCC. The van der Waals surface area contributed by atoms with Crippen molar-refractivity contribution in [2.45, 2.75) is 111 Å². The molecule has 0 aliphatic rings. The third-order valence-corrected chi connectivity index (χ3v) is 5.20. The molecule has 0 N–H and O–H groups in total. The summed E-state index contributed by atoms with van der Waals surface area (Å²) in [5.41, 5.74) is 0. The number of hydrogen-bond acceptors (Lipinski definition) is 4. The maximum atomic E-state index is 11.7. The summed E-state index contributed by atoms with van der Waals surface area (Å²) in [5, 5.41) is 0. The van der Waals surface area contributed by atoms with Crippen LogP contribution in [-0.4, -0.2) is 39.0 Å². The molecule has 1 unspecified atom stereocenters. The molecule has 0 rings (SSSR count). The molecule has 0 aliphatic heterocycles. The van der Waals surface area contributed by atoms with Gasteiger partial charge in [-0.1, -0.05) is 85.0 Å². The Balaban J connectivity index is 3.28. The van der Waals surface area contributed by atoms with Gasteiger partial charge in [-0.15, -0.1) is 0 Å². The summed E-state index contributed by atoms with van der Waals surface area (Å²) < 4.78 is 16.5. The molecule has 0 saturated heterocycles. The van der Waals surface area contributed by atoms with Gasteiger partial charge in [-0.05, 0) is 25.2 Å². The zero-order valence-electron chi connectivity index (χ0n) is 19.1. The molecule has 28 heavy (non-hydrogen) atoms. The van der Waals surface area contributed by atoms with Crippen LogP contribution in [0.25, 0.3) is 0 Å². The molecule has 4 nitrogen and oxygen atoms in total. The van der Waals surface area contributed by atoms with Gasteiger partial charge in [0, 0.05) is 19.6 Å². The van der Waals surface area contributed by atoms with Crippen LogP contribution in [0.2, 0.25) is 0 Å². The molecule has 0 saturated carbocycles. The van der Waals surface area contributed by atoms with Gasteiger partial charge in [0.2, 0.25) is 0 Å². The summed E-state index contributed by atoms with van der Waals surface area (Å²) in [7, 11) is 0. The number of carbonyl (C=O) groups excluding carboxylic acids is 1. The second kappa shape index (κ2) is 22.7. The molecule has 0 aliphatic carbocycles. The van der Waals surface area contributed by atoms with Gasteiger partial charge in [0.25, 0.3) is 0 Å². The normalized spacial score (nSPS) is 12.2. The molecule has 0 heterocycles. The molecule has 0 fully saturated rings. The zero-order valence-corrected chi connectivity index (χ0v) is 19.1. The fourth-order valence-electron chi connectivity index (χ4n) is 3.18. The van der Waals surface area contributed by atoms with E-state index in [9.17, 15) is 4.79 Å². The minimum Gasteiger partial charge on any atom is -0.466 e. The van der Waals surface area contributed by atoms with Crippen LogP contribution in [0.1, 0.15) is 111 Å². The quantitative estimate of drug-likeness (QED) is 0.150. The molecular formula is C24H48O4. The lowest BCUT2D eigenvalue weighted by Gasteiger charge is -2.14. The summed E-state index contributed by atoms with van der Waals surface area (Å²) >= 11 is 0. The Bertz CT molecular complexity index is 320. The molecule has 0 aromatic heterocycles. The van der Waals surface area contributed by atoms with Gasteiger partial charge in [0.15, 0.2) is 0 Å². The van der Waals surface area contributed by atoms with Gasteiger partial charge in [-0.25, -0.2) is 0 Å². The Morgan fingerprint density at radius 2 is 1.32 bits per heavy atom. The zero-order chi connectivity index (χ0) is 20.7. The van der Waals surface area contributed by atoms with E-state index in [1.165, 1.54) is 70.6 Å². The van der Waals surface area contributed by atoms with Crippen molar-refractivity contribution in [1.82, 2.24) is 0 Å². The smallest absolute Gasteiger partial charge is 0.305 e. The largest absolute Gasteiger partial charge is 0.466 e. The summed E-state index contributed by atoms with van der Waals surface area (Å²) in [6, 6.07) is 0. The highest BCUT2D eigenvalue weighted by atomic mass is 16.5. The second-order valence-electron chi connectivity index (χ2n) is 7.90. The van der Waals surface area contributed by atoms with E-state index >= 15 is 0 Å². The lowest BCUT2D eigenvalue weighted by molar-refractivity contribution is -0.144. The number of rotatable bonds is 22. The minimum atomic E-state index is -0.0930. The fraction of sp³-hybridized carbons (Fsp3) is 0.958. The average Bonchev–Trinajstić information content (AvgIpc) is 2.70. The van der Waals surface area contributed by atoms with Gasteiger partial charge < -0.3 is 14.2 Å². The standard InChI is InChI=1S/C24H48O4/c1-4-7-9-10-11-12-13-14-19-28-24(25)17-15-18-26-20-21-27-22-23(6-3)16-8-5-2/h23H,4-22H2,1-3H3. The van der Waals surface area contributed by atoms with E-state index in [0.717, 1.165) is 19.4 Å². The first kappa shape index (κ1) is 27.4. The van der Waals surface area contributed by atoms with Crippen molar-refractivity contribution in [3.63, 3.8) is 0 Å². The van der Waals surface area contributed by atoms with Crippen LogP contribution in [0.5, 0.6) is 0 Å². The maximum Gasteiger partial charge on any atom is 0.305 e. The number of hydrogen-bond donors (Lipinski definition) is 0. The fourth-order valence-corrected chi connectivity index (χ4v) is 3.18. The molecule has 0 aromatic rings. The average molecular weight is 401 g/mol. The van der Waals surface area contributed by atoms with Crippen molar-refractivity contribution in [1.29, 1.82) is 0 Å². The van der Waals surface area contributed by atoms with Crippen molar-refractivity contribution in [3.05, 3.63) is 0 Å². The van der Waals surface area contributed by atoms with E-state index in [1.807, 2.05) is 0 Å². The Morgan fingerprint density at radius 1 is 0.679 bits per heavy atom. The lowest BCUT2D eigenvalue weighted by atomic mass is 10.0. The molecule has 1 atom stereocenters. The van der Waals surface area contributed by atoms with E-state index in [4.69, 9.17) is 14.2 Å². The molecule has 0 radical (unpaired) electrons. The Labute approximate surface area is 175 Å². The number of carbonyl (C=O) groups is 1. The van der Waals surface area contributed by atoms with E-state index in [1.54, 1.807) is 0 Å². The van der Waals surface area contributed by atoms with Gasteiger partial charge in [-0.3, -0.25) is 4.79 Å². The summed E-state index contributed by atoms with van der Waals surface area (Å²) in [6.07, 6.45) is 16.2. The van der Waals surface area contributed by atoms with Crippen molar-refractivity contribution in [2.24, 2.45) is 5.92 Å². The predicted octanol–water partition coefficient (Wildman–Crippen LogP) is 6.70. The molecule has 4 heteroatoms. The first-order valence-corrected chi connectivity index (χ1v) is 12.1. The molecular weight excluding hydrogens is 352 g/mol. The van der Waals surface area contributed by atoms with Crippen molar-refractivity contribution < 1.29 is 19.0 Å². The van der Waals surface area contributed by atoms with Crippen LogP contribution in [-0.2, 0) is 19.0 Å². The van der Waals surface area contributed by atoms with E-state index < -0.39 is 0 Å². The summed E-state index contributed by atoms with van der Waals surface area (Å²) in [4.78, 5) is 11.7. The van der Waals surface area contributed by atoms with Crippen molar-refractivity contribution >= 4 is 5.97 Å². The minimum absolute atomic E-state index is 0.0930. The first-order valence-electron chi connectivity index (χ1n) is 12.1.